The van der Waals surface area contributed by atoms with E-state index >= 15 is 0 Å². The van der Waals surface area contributed by atoms with Gasteiger partial charge in [-0.3, -0.25) is 0 Å². The molecule has 1 saturated heterocycles. The highest BCUT2D eigenvalue weighted by molar-refractivity contribution is 4.92. The van der Waals surface area contributed by atoms with Crippen molar-refractivity contribution in [1.29, 1.82) is 0 Å². The monoisotopic (exact) mass is 207 g/mol. The lowest BCUT2D eigenvalue weighted by Crippen LogP contribution is -2.62. The first-order valence-electron chi connectivity index (χ1n) is 4.53. The maximum Gasteiger partial charge on any atom is 0.196 e. The Labute approximate surface area is 81.9 Å². The molecule has 0 aliphatic carbocycles. The molecule has 2 unspecified atom stereocenters. The molecule has 6 heteroatoms. The molecule has 1 fully saturated rings. The topological polar surface area (TPSA) is 116 Å². The van der Waals surface area contributed by atoms with Crippen molar-refractivity contribution in [3.05, 3.63) is 0 Å². The molecule has 0 aromatic carbocycles. The summed E-state index contributed by atoms with van der Waals surface area (Å²) in [7, 11) is 0. The summed E-state index contributed by atoms with van der Waals surface area (Å²) in [5.74, 6) is -1.87. The summed E-state index contributed by atoms with van der Waals surface area (Å²) in [5, 5.41) is 37.7. The van der Waals surface area contributed by atoms with E-state index in [1.807, 2.05) is 0 Å². The van der Waals surface area contributed by atoms with Crippen molar-refractivity contribution < 1.29 is 25.2 Å². The van der Waals surface area contributed by atoms with Crippen LogP contribution in [-0.4, -0.2) is 57.2 Å². The van der Waals surface area contributed by atoms with Gasteiger partial charge in [-0.15, -0.1) is 0 Å². The Morgan fingerprint density at radius 2 is 2.07 bits per heavy atom. The van der Waals surface area contributed by atoms with Gasteiger partial charge in [-0.25, -0.2) is 0 Å². The van der Waals surface area contributed by atoms with Gasteiger partial charge in [0.05, 0.1) is 6.61 Å². The standard InChI is InChI=1S/C8H17NO5/c1-4(9)2-8(13)7(12)6(11)5(10)3-14-8/h4-7,10-13H,2-3,9H2,1H3/t4?,5-,6+,7-,8?/m1/s1. The van der Waals surface area contributed by atoms with Crippen molar-refractivity contribution in [2.24, 2.45) is 5.73 Å². The van der Waals surface area contributed by atoms with Gasteiger partial charge in [0.1, 0.15) is 18.3 Å². The lowest BCUT2D eigenvalue weighted by Gasteiger charge is -2.42. The molecule has 6 nitrogen and oxygen atoms in total. The summed E-state index contributed by atoms with van der Waals surface area (Å²) in [6.07, 6.45) is -4.14. The maximum atomic E-state index is 9.78. The van der Waals surface area contributed by atoms with E-state index < -0.39 is 24.1 Å². The Kier molecular flexibility index (Phi) is 3.46. The largest absolute Gasteiger partial charge is 0.388 e. The molecule has 1 aliphatic rings. The van der Waals surface area contributed by atoms with Crippen LogP contribution < -0.4 is 5.73 Å². The minimum Gasteiger partial charge on any atom is -0.388 e. The number of rotatable bonds is 2. The van der Waals surface area contributed by atoms with Crippen molar-refractivity contribution in [1.82, 2.24) is 0 Å². The van der Waals surface area contributed by atoms with Gasteiger partial charge < -0.3 is 30.9 Å². The molecule has 1 heterocycles. The van der Waals surface area contributed by atoms with Crippen LogP contribution in [0.15, 0.2) is 0 Å². The molecular weight excluding hydrogens is 190 g/mol. The molecule has 0 amide bonds. The highest BCUT2D eigenvalue weighted by Gasteiger charge is 2.48. The van der Waals surface area contributed by atoms with Crippen LogP contribution in [0, 0.1) is 0 Å². The minimum absolute atomic E-state index is 0.00204. The first kappa shape index (κ1) is 11.8. The van der Waals surface area contributed by atoms with E-state index in [0.717, 1.165) is 0 Å². The third-order valence-corrected chi connectivity index (χ3v) is 2.30. The quantitative estimate of drug-likeness (QED) is 0.342. The normalized spacial score (nSPS) is 46.3. The molecule has 0 saturated carbocycles. The van der Waals surface area contributed by atoms with Crippen molar-refractivity contribution in [3.8, 4) is 0 Å². The first-order chi connectivity index (χ1) is 6.37. The predicted octanol–water partition coefficient (Wildman–Crippen LogP) is -2.47. The van der Waals surface area contributed by atoms with Crippen molar-refractivity contribution in [3.63, 3.8) is 0 Å². The van der Waals surface area contributed by atoms with Crippen LogP contribution in [0.25, 0.3) is 0 Å². The van der Waals surface area contributed by atoms with Gasteiger partial charge in [0.2, 0.25) is 0 Å². The van der Waals surface area contributed by atoms with Crippen LogP contribution in [-0.2, 0) is 4.74 Å². The Balaban J connectivity index is 2.69. The van der Waals surface area contributed by atoms with Gasteiger partial charge in [0.25, 0.3) is 0 Å². The molecule has 14 heavy (non-hydrogen) atoms. The summed E-state index contributed by atoms with van der Waals surface area (Å²) in [4.78, 5) is 0. The fourth-order valence-electron chi connectivity index (χ4n) is 1.53. The Hall–Kier alpha value is -0.240. The van der Waals surface area contributed by atoms with Crippen LogP contribution in [0.4, 0.5) is 0 Å². The molecule has 6 N–H and O–H groups in total. The second-order valence-electron chi connectivity index (χ2n) is 3.84. The third kappa shape index (κ3) is 2.22. The molecule has 0 bridgehead atoms. The van der Waals surface area contributed by atoms with E-state index in [1.54, 1.807) is 6.92 Å². The van der Waals surface area contributed by atoms with Crippen molar-refractivity contribution in [2.45, 2.75) is 43.5 Å². The zero-order chi connectivity index (χ0) is 10.9. The summed E-state index contributed by atoms with van der Waals surface area (Å²) in [5.41, 5.74) is 5.46. The Morgan fingerprint density at radius 1 is 1.50 bits per heavy atom. The number of aliphatic hydroxyl groups is 4. The Morgan fingerprint density at radius 3 is 2.57 bits per heavy atom. The number of nitrogens with two attached hydrogens (primary N) is 1. The zero-order valence-corrected chi connectivity index (χ0v) is 8.00. The van der Waals surface area contributed by atoms with Gasteiger partial charge in [0, 0.05) is 12.5 Å². The number of hydrogen-bond acceptors (Lipinski definition) is 6. The maximum absolute atomic E-state index is 9.78. The zero-order valence-electron chi connectivity index (χ0n) is 8.00. The number of aliphatic hydroxyl groups excluding tert-OH is 3. The van der Waals surface area contributed by atoms with Gasteiger partial charge in [-0.05, 0) is 6.92 Å². The number of ether oxygens (including phenoxy) is 1. The molecule has 84 valence electrons. The summed E-state index contributed by atoms with van der Waals surface area (Å²) >= 11 is 0. The summed E-state index contributed by atoms with van der Waals surface area (Å²) < 4.78 is 4.89. The van der Waals surface area contributed by atoms with Crippen LogP contribution in [0.1, 0.15) is 13.3 Å². The summed E-state index contributed by atoms with van der Waals surface area (Å²) in [6, 6.07) is -0.378. The lowest BCUT2D eigenvalue weighted by molar-refractivity contribution is -0.324. The van der Waals surface area contributed by atoms with E-state index in [0.29, 0.717) is 0 Å². The van der Waals surface area contributed by atoms with Crippen molar-refractivity contribution >= 4 is 0 Å². The smallest absolute Gasteiger partial charge is 0.196 e. The fraction of sp³-hybridized carbons (Fsp3) is 1.00. The molecule has 0 spiro atoms. The highest BCUT2D eigenvalue weighted by Crippen LogP contribution is 2.27. The molecule has 1 aliphatic heterocycles. The SMILES string of the molecule is CC(N)CC1(O)OC[C@@H](O)[C@H](O)[C@H]1O. The van der Waals surface area contributed by atoms with Gasteiger partial charge in [-0.2, -0.15) is 0 Å². The Bertz CT molecular complexity index is 200. The van der Waals surface area contributed by atoms with E-state index in [-0.39, 0.29) is 19.1 Å². The average Bonchev–Trinajstić information content (AvgIpc) is 2.08. The molecule has 0 aromatic heterocycles. The number of hydrogen-bond donors (Lipinski definition) is 5. The van der Waals surface area contributed by atoms with Crippen molar-refractivity contribution in [2.75, 3.05) is 6.61 Å². The fourth-order valence-corrected chi connectivity index (χ4v) is 1.53. The second-order valence-corrected chi connectivity index (χ2v) is 3.84. The summed E-state index contributed by atoms with van der Waals surface area (Å²) in [6.45, 7) is 1.42. The first-order valence-corrected chi connectivity index (χ1v) is 4.53. The minimum atomic E-state index is -1.87. The van der Waals surface area contributed by atoms with Crippen LogP contribution in [0.2, 0.25) is 0 Å². The second kappa shape index (κ2) is 4.09. The van der Waals surface area contributed by atoms with Gasteiger partial charge >= 0.3 is 0 Å². The molecule has 0 radical (unpaired) electrons. The predicted molar refractivity (Wildman–Crippen MR) is 47.2 cm³/mol. The molecule has 1 rings (SSSR count). The lowest BCUT2D eigenvalue weighted by atomic mass is 9.92. The van der Waals surface area contributed by atoms with E-state index in [9.17, 15) is 15.3 Å². The van der Waals surface area contributed by atoms with Gasteiger partial charge in [0.15, 0.2) is 5.79 Å². The van der Waals surface area contributed by atoms with E-state index in [2.05, 4.69) is 0 Å². The van der Waals surface area contributed by atoms with E-state index in [1.165, 1.54) is 0 Å². The molecular formula is C8H17NO5. The van der Waals surface area contributed by atoms with Crippen LogP contribution in [0.5, 0.6) is 0 Å². The average molecular weight is 207 g/mol. The van der Waals surface area contributed by atoms with Gasteiger partial charge in [-0.1, -0.05) is 0 Å². The third-order valence-electron chi connectivity index (χ3n) is 2.30. The van der Waals surface area contributed by atoms with E-state index in [4.69, 9.17) is 15.6 Å². The highest BCUT2D eigenvalue weighted by atomic mass is 16.6. The van der Waals surface area contributed by atoms with Crippen LogP contribution in [0.3, 0.4) is 0 Å². The van der Waals surface area contributed by atoms with Crippen LogP contribution >= 0.6 is 0 Å². The molecule has 5 atom stereocenters. The molecule has 0 aromatic rings.